The minimum atomic E-state index is -2.86. The van der Waals surface area contributed by atoms with Gasteiger partial charge in [0.05, 0.1) is 24.9 Å². The molecule has 13 heteroatoms. The third-order valence-corrected chi connectivity index (χ3v) is 25.7. The van der Waals surface area contributed by atoms with Crippen molar-refractivity contribution in [3.05, 3.63) is 127 Å². The van der Waals surface area contributed by atoms with Gasteiger partial charge in [-0.05, 0) is 71.0 Å². The van der Waals surface area contributed by atoms with Crippen LogP contribution in [0.3, 0.4) is 0 Å². The molecule has 2 aliphatic heterocycles. The molecule has 0 amide bonds. The number of rotatable bonds is 16. The van der Waals surface area contributed by atoms with Crippen LogP contribution in [0.15, 0.2) is 127 Å². The van der Waals surface area contributed by atoms with E-state index in [1.165, 1.54) is 15.9 Å². The van der Waals surface area contributed by atoms with E-state index in [1.54, 1.807) is 26.8 Å². The van der Waals surface area contributed by atoms with Crippen LogP contribution in [0.25, 0.3) is 0 Å². The first kappa shape index (κ1) is 65.0. The van der Waals surface area contributed by atoms with Crippen LogP contribution >= 0.6 is 20.8 Å². The van der Waals surface area contributed by atoms with Crippen molar-refractivity contribution in [2.45, 2.75) is 169 Å². The second-order valence-electron chi connectivity index (χ2n) is 20.2. The van der Waals surface area contributed by atoms with Gasteiger partial charge in [-0.15, -0.1) is 5.60 Å². The van der Waals surface area contributed by atoms with Gasteiger partial charge in [0.25, 0.3) is 0 Å². The van der Waals surface area contributed by atoms with Crippen LogP contribution in [-0.4, -0.2) is 92.9 Å². The van der Waals surface area contributed by atoms with Gasteiger partial charge in [-0.25, -0.2) is 0 Å². The quantitative estimate of drug-likeness (QED) is 0.0489. The smallest absolute Gasteiger partial charge is 1.00 e. The summed E-state index contributed by atoms with van der Waals surface area (Å²) in [6, 6.07) is 32.0. The van der Waals surface area contributed by atoms with Gasteiger partial charge in [0.15, 0.2) is 20.9 Å². The molecule has 0 saturated carbocycles. The molecular weight excluding hydrogens is 983 g/mol. The number of hydrogen-bond donors (Lipinski definition) is 2. The predicted octanol–water partition coefficient (Wildman–Crippen LogP) is 7.69. The molecule has 0 spiro atoms. The maximum Gasteiger partial charge on any atom is 1.00 e. The summed E-state index contributed by atoms with van der Waals surface area (Å²) < 4.78 is 29.5. The largest absolute Gasteiger partial charge is 1.00 e. The van der Waals surface area contributed by atoms with Crippen molar-refractivity contribution in [2.75, 3.05) is 19.4 Å². The maximum atomic E-state index is 10.6. The van der Waals surface area contributed by atoms with Gasteiger partial charge in [-0.3, -0.25) is 0 Å². The molecule has 2 fully saturated rings. The summed E-state index contributed by atoms with van der Waals surface area (Å²) in [5.41, 5.74) is -0.750. The molecule has 2 aliphatic rings. The van der Waals surface area contributed by atoms with E-state index in [0.717, 1.165) is 38.1 Å². The molecule has 2 N–H and O–H groups in total. The molecule has 5 rings (SSSR count). The molecule has 0 aliphatic carbocycles. The van der Waals surface area contributed by atoms with Gasteiger partial charge < -0.3 is 38.4 Å². The van der Waals surface area contributed by atoms with Gasteiger partial charge in [0, 0.05) is 6.42 Å². The fourth-order valence-electron chi connectivity index (χ4n) is 7.20. The van der Waals surface area contributed by atoms with Crippen molar-refractivity contribution in [3.8, 4) is 0 Å². The second kappa shape index (κ2) is 31.6. The van der Waals surface area contributed by atoms with E-state index < -0.39 is 19.2 Å². The van der Waals surface area contributed by atoms with Gasteiger partial charge in [-0.2, -0.15) is 0 Å². The zero-order valence-electron chi connectivity index (χ0n) is 43.8. The molecular formula is C55H85BrKO9PSi. The molecule has 0 unspecified atom stereocenters. The second-order valence-corrected chi connectivity index (χ2v) is 34.0. The summed E-state index contributed by atoms with van der Waals surface area (Å²) in [5, 5.41) is 29.4. The molecule has 0 radical (unpaired) electrons. The number of ether oxygens (including phenoxy) is 4. The summed E-state index contributed by atoms with van der Waals surface area (Å²) in [6.07, 6.45) is 16.3. The Labute approximate surface area is 463 Å². The Morgan fingerprint density at radius 1 is 0.706 bits per heavy atom. The number of carbonyl (C=O) groups is 1. The number of benzene rings is 3. The van der Waals surface area contributed by atoms with E-state index in [-0.39, 0.29) is 113 Å². The Kier molecular flexibility index (Phi) is 30.2. The van der Waals surface area contributed by atoms with E-state index in [9.17, 15) is 15.0 Å². The standard InChI is InChI=1S/C22H22BrOP.C19H36O4Si.C10H18O3.C4H9O.K/c23-25(19-11-10-18-24,20-12-4-1-5-13-20,21-14-6-2-7-15-21)22-16-8-3-9-17-22;1-15(2)21-18-13-12-17(23-24(6,7)19(3,4)5)16(22-18)11-9-8-10-14-20;1-7(2)12-10-5-4-8(3)9(6-11)13-10;1-4(2,3)5;/h1-17,24H,18-19H2;8-11,15-18,20H,12-14H2,1-7H3;6-10H,4-5H2,1-3H3;1-3H3;/q;;;-1;+1/b11-10+;10-8+,11-9-;;;/t;16-,17+,18+;8-,9+,10-;;/m.10../s1. The number of allylic oxidation sites excluding steroid dienone is 3. The first-order valence-corrected chi connectivity index (χ1v) is 31.3. The number of aliphatic hydroxyl groups excluding tert-OH is 2. The van der Waals surface area contributed by atoms with Crippen LogP contribution in [0, 0.1) is 5.92 Å². The Morgan fingerprint density at radius 2 is 1.12 bits per heavy atom. The van der Waals surface area contributed by atoms with Crippen molar-refractivity contribution in [2.24, 2.45) is 5.92 Å². The zero-order valence-corrected chi connectivity index (χ0v) is 50.5. The van der Waals surface area contributed by atoms with Gasteiger partial charge in [-0.1, -0.05) is 72.8 Å². The molecule has 2 heterocycles. The van der Waals surface area contributed by atoms with Crippen molar-refractivity contribution in [1.82, 2.24) is 0 Å². The summed E-state index contributed by atoms with van der Waals surface area (Å²) in [7, 11) is -1.86. The van der Waals surface area contributed by atoms with Gasteiger partial charge >= 0.3 is 209 Å². The van der Waals surface area contributed by atoms with E-state index in [4.69, 9.17) is 28.5 Å². The minimum Gasteiger partial charge on any atom is 1.00 e. The Hall–Kier alpha value is -1.01. The zero-order chi connectivity index (χ0) is 50.3. The van der Waals surface area contributed by atoms with Crippen LogP contribution in [0.4, 0.5) is 0 Å². The number of hydrogen-bond acceptors (Lipinski definition) is 9. The molecule has 9 nitrogen and oxygen atoms in total. The van der Waals surface area contributed by atoms with Gasteiger partial charge in [0.2, 0.25) is 0 Å². The van der Waals surface area contributed by atoms with Crippen molar-refractivity contribution >= 4 is 51.3 Å². The average Bonchev–Trinajstić information content (AvgIpc) is 3.27. The van der Waals surface area contributed by atoms with Crippen LogP contribution in [0.5, 0.6) is 0 Å². The number of aldehydes is 1. The minimum absolute atomic E-state index is 0. The fraction of sp³-hybridized carbons (Fsp3) is 0.545. The Morgan fingerprint density at radius 3 is 1.50 bits per heavy atom. The molecule has 68 heavy (non-hydrogen) atoms. The average molecular weight is 1070 g/mol. The predicted molar refractivity (Wildman–Crippen MR) is 286 cm³/mol. The Bertz CT molecular complexity index is 1800. The van der Waals surface area contributed by atoms with Gasteiger partial charge in [0.1, 0.15) is 18.5 Å². The van der Waals surface area contributed by atoms with Crippen LogP contribution in [-0.2, 0) is 28.2 Å². The molecule has 3 aromatic carbocycles. The van der Waals surface area contributed by atoms with E-state index in [1.807, 2.05) is 58.9 Å². The third-order valence-electron chi connectivity index (χ3n) is 11.6. The first-order chi connectivity index (χ1) is 31.4. The van der Waals surface area contributed by atoms with Crippen LogP contribution in [0.2, 0.25) is 18.1 Å². The summed E-state index contributed by atoms with van der Waals surface area (Å²) in [4.78, 5) is 10.6. The molecule has 376 valence electrons. The summed E-state index contributed by atoms with van der Waals surface area (Å²) in [5.74, 6) is 0.324. The monoisotopic (exact) mass is 1070 g/mol. The first-order valence-electron chi connectivity index (χ1n) is 23.9. The SMILES string of the molecule is CC(C)(C)[O-].CC(C)O[C@@H]1CC[C@H](C)[C@@H](C=O)O1.CC(C)O[C@@H]1CC[C@H](O[Si](C)(C)C(C)(C)C)[C@@H](/C=C\C=C\CO)O1.OC/C=C/CP(Br)(c1ccccc1)(c1ccccc1)c1ccccc1.[K+]. The van der Waals surface area contributed by atoms with Crippen LogP contribution < -0.4 is 72.4 Å². The Balaban J connectivity index is 0.000000501. The summed E-state index contributed by atoms with van der Waals surface area (Å²) in [6.45, 7) is 26.3. The molecule has 6 atom stereocenters. The van der Waals surface area contributed by atoms with Crippen molar-refractivity contribution < 1.29 is 94.9 Å². The number of halogens is 1. The molecule has 0 bridgehead atoms. The van der Waals surface area contributed by atoms with E-state index in [2.05, 4.69) is 146 Å². The fourth-order valence-corrected chi connectivity index (χ4v) is 15.6. The molecule has 0 aromatic heterocycles. The normalized spacial score (nSPS) is 22.0. The maximum absolute atomic E-state index is 10.6. The third kappa shape index (κ3) is 22.0. The number of aliphatic hydroxyl groups is 2. The summed E-state index contributed by atoms with van der Waals surface area (Å²) >= 11 is 4.35. The van der Waals surface area contributed by atoms with E-state index >= 15 is 0 Å². The molecule has 2 saturated heterocycles. The molecule has 3 aromatic rings. The van der Waals surface area contributed by atoms with Crippen molar-refractivity contribution in [1.29, 1.82) is 0 Å². The topological polar surface area (TPSA) is 127 Å². The van der Waals surface area contributed by atoms with Crippen LogP contribution in [0.1, 0.15) is 102 Å². The van der Waals surface area contributed by atoms with E-state index in [0.29, 0.717) is 5.92 Å². The van der Waals surface area contributed by atoms with Crippen molar-refractivity contribution in [3.63, 3.8) is 0 Å². The number of carbonyl (C=O) groups excluding carboxylic acids is 1.